The van der Waals surface area contributed by atoms with E-state index in [1.165, 1.54) is 21.8 Å². The Balaban J connectivity index is 1.56. The molecule has 7 heteroatoms. The Kier molecular flexibility index (Phi) is 5.27. The maximum absolute atomic E-state index is 12.9. The average molecular weight is 390 g/mol. The first-order valence-corrected chi connectivity index (χ1v) is 9.69. The molecule has 1 atom stereocenters. The summed E-state index contributed by atoms with van der Waals surface area (Å²) < 4.78 is 1.50. The number of carbonyl (C=O) groups is 1. The summed E-state index contributed by atoms with van der Waals surface area (Å²) >= 11 is 1.40. The Bertz CT molecular complexity index is 1140. The molecule has 0 saturated carbocycles. The van der Waals surface area contributed by atoms with Crippen molar-refractivity contribution < 1.29 is 4.79 Å². The Morgan fingerprint density at radius 1 is 1.07 bits per heavy atom. The van der Waals surface area contributed by atoms with Gasteiger partial charge in [-0.25, -0.2) is 4.98 Å². The van der Waals surface area contributed by atoms with Crippen molar-refractivity contribution in [2.75, 3.05) is 5.32 Å². The highest BCUT2D eigenvalue weighted by Crippen LogP contribution is 2.17. The average Bonchev–Trinajstić information content (AvgIpc) is 3.19. The van der Waals surface area contributed by atoms with Crippen molar-refractivity contribution >= 4 is 27.9 Å². The van der Waals surface area contributed by atoms with E-state index in [1.807, 2.05) is 66.0 Å². The molecule has 2 heterocycles. The third-order valence-corrected chi connectivity index (χ3v) is 5.04. The van der Waals surface area contributed by atoms with Crippen molar-refractivity contribution in [3.05, 3.63) is 99.9 Å². The second-order valence-electron chi connectivity index (χ2n) is 6.22. The van der Waals surface area contributed by atoms with Crippen LogP contribution in [-0.4, -0.2) is 15.3 Å². The minimum absolute atomic E-state index is 0.131. The predicted molar refractivity (Wildman–Crippen MR) is 110 cm³/mol. The summed E-state index contributed by atoms with van der Waals surface area (Å²) in [5, 5.41) is 7.99. The molecule has 1 unspecified atom stereocenters. The van der Waals surface area contributed by atoms with Crippen LogP contribution >= 0.6 is 11.3 Å². The van der Waals surface area contributed by atoms with E-state index in [4.69, 9.17) is 0 Å². The summed E-state index contributed by atoms with van der Waals surface area (Å²) in [7, 11) is 0. The molecular weight excluding hydrogens is 372 g/mol. The number of para-hydroxylation sites is 1. The number of hydrogen-bond donors (Lipinski definition) is 2. The molecule has 0 spiro atoms. The van der Waals surface area contributed by atoms with Crippen LogP contribution in [0.2, 0.25) is 0 Å². The van der Waals surface area contributed by atoms with E-state index in [2.05, 4.69) is 15.6 Å². The van der Waals surface area contributed by atoms with Gasteiger partial charge in [-0.1, -0.05) is 48.5 Å². The van der Waals surface area contributed by atoms with Gasteiger partial charge in [0.05, 0.1) is 5.69 Å². The number of aromatic nitrogens is 2. The molecule has 4 aromatic rings. The molecule has 2 aromatic carbocycles. The maximum Gasteiger partial charge on any atom is 0.258 e. The van der Waals surface area contributed by atoms with Crippen molar-refractivity contribution in [3.8, 4) is 0 Å². The molecule has 0 aliphatic carbocycles. The molecule has 2 aromatic heterocycles. The van der Waals surface area contributed by atoms with Crippen LogP contribution in [-0.2, 0) is 11.3 Å². The van der Waals surface area contributed by atoms with Crippen LogP contribution in [0, 0.1) is 0 Å². The fourth-order valence-corrected chi connectivity index (χ4v) is 3.67. The van der Waals surface area contributed by atoms with Gasteiger partial charge < -0.3 is 5.32 Å². The Labute approximate surface area is 165 Å². The molecule has 0 saturated heterocycles. The Morgan fingerprint density at radius 2 is 1.79 bits per heavy atom. The molecule has 2 N–H and O–H groups in total. The quantitative estimate of drug-likeness (QED) is 0.530. The highest BCUT2D eigenvalue weighted by molar-refractivity contribution is 7.15. The smallest absolute Gasteiger partial charge is 0.258 e. The summed E-state index contributed by atoms with van der Waals surface area (Å²) in [5.74, 6) is -0.175. The van der Waals surface area contributed by atoms with Gasteiger partial charge in [-0.15, -0.1) is 11.3 Å². The number of fused-ring (bicyclic) bond motifs is 1. The first kappa shape index (κ1) is 18.1. The molecule has 0 fully saturated rings. The number of amides is 1. The maximum atomic E-state index is 12.9. The van der Waals surface area contributed by atoms with Crippen LogP contribution in [0.25, 0.3) is 4.96 Å². The molecule has 0 radical (unpaired) electrons. The van der Waals surface area contributed by atoms with Gasteiger partial charge in [-0.05, 0) is 17.7 Å². The van der Waals surface area contributed by atoms with Crippen molar-refractivity contribution in [1.82, 2.24) is 14.7 Å². The summed E-state index contributed by atoms with van der Waals surface area (Å²) in [5.41, 5.74) is 2.03. The van der Waals surface area contributed by atoms with Crippen molar-refractivity contribution in [3.63, 3.8) is 0 Å². The number of anilines is 1. The van der Waals surface area contributed by atoms with E-state index in [9.17, 15) is 9.59 Å². The first-order chi connectivity index (χ1) is 13.7. The number of thiazole rings is 1. The topological polar surface area (TPSA) is 75.5 Å². The fourth-order valence-electron chi connectivity index (χ4n) is 2.93. The third kappa shape index (κ3) is 4.00. The van der Waals surface area contributed by atoms with Crippen LogP contribution in [0.5, 0.6) is 0 Å². The monoisotopic (exact) mass is 390 g/mol. The lowest BCUT2D eigenvalue weighted by atomic mass is 10.1. The number of benzene rings is 2. The number of rotatable bonds is 6. The molecular formula is C21H18N4O2S. The zero-order valence-electron chi connectivity index (χ0n) is 14.9. The van der Waals surface area contributed by atoms with Gasteiger partial charge in [0.25, 0.3) is 5.56 Å². The van der Waals surface area contributed by atoms with E-state index in [1.54, 1.807) is 6.20 Å². The first-order valence-electron chi connectivity index (χ1n) is 8.81. The Morgan fingerprint density at radius 3 is 2.54 bits per heavy atom. The van der Waals surface area contributed by atoms with Crippen molar-refractivity contribution in [1.29, 1.82) is 0 Å². The molecule has 0 aliphatic heterocycles. The molecule has 0 bridgehead atoms. The van der Waals surface area contributed by atoms with Crippen LogP contribution in [0.4, 0.5) is 5.69 Å². The highest BCUT2D eigenvalue weighted by Gasteiger charge is 2.20. The second kappa shape index (κ2) is 8.16. The van der Waals surface area contributed by atoms with Crippen molar-refractivity contribution in [2.24, 2.45) is 0 Å². The zero-order chi connectivity index (χ0) is 19.3. The summed E-state index contributed by atoms with van der Waals surface area (Å²) in [4.78, 5) is 30.2. The van der Waals surface area contributed by atoms with Gasteiger partial charge in [-0.2, -0.15) is 0 Å². The molecule has 4 rings (SSSR count). The molecule has 140 valence electrons. The standard InChI is InChI=1S/C21H18N4O2S/c26-18-13-17(24-21-25(18)11-12-28-21)14-22-19(15-7-3-1-4-8-15)20(27)23-16-9-5-2-6-10-16/h1-13,19,22H,14H2,(H,23,27). The zero-order valence-corrected chi connectivity index (χ0v) is 15.7. The molecule has 0 aliphatic rings. The van der Waals surface area contributed by atoms with E-state index in [0.717, 1.165) is 11.3 Å². The van der Waals surface area contributed by atoms with Crippen LogP contribution in [0.1, 0.15) is 17.3 Å². The van der Waals surface area contributed by atoms with Gasteiger partial charge in [-0.3, -0.25) is 19.3 Å². The SMILES string of the molecule is O=C(Nc1ccccc1)C(NCc1cc(=O)n2ccsc2n1)c1ccccc1. The van der Waals surface area contributed by atoms with E-state index < -0.39 is 6.04 Å². The van der Waals surface area contributed by atoms with Gasteiger partial charge >= 0.3 is 0 Å². The number of carbonyl (C=O) groups excluding carboxylic acids is 1. The number of nitrogens with one attached hydrogen (secondary N) is 2. The van der Waals surface area contributed by atoms with Gasteiger partial charge in [0.1, 0.15) is 6.04 Å². The predicted octanol–water partition coefficient (Wildman–Crippen LogP) is 3.23. The molecule has 6 nitrogen and oxygen atoms in total. The summed E-state index contributed by atoms with van der Waals surface area (Å²) in [6.07, 6.45) is 1.70. The Hall–Kier alpha value is -3.29. The van der Waals surface area contributed by atoms with Crippen LogP contribution in [0.15, 0.2) is 83.1 Å². The lowest BCUT2D eigenvalue weighted by molar-refractivity contribution is -0.118. The highest BCUT2D eigenvalue weighted by atomic mass is 32.1. The van der Waals surface area contributed by atoms with E-state index >= 15 is 0 Å². The fraction of sp³-hybridized carbons (Fsp3) is 0.0952. The summed E-state index contributed by atoms with van der Waals surface area (Å²) in [6, 6.07) is 19.7. The normalized spacial score (nSPS) is 12.0. The molecule has 28 heavy (non-hydrogen) atoms. The lowest BCUT2D eigenvalue weighted by Gasteiger charge is -2.19. The molecule has 1 amide bonds. The minimum Gasteiger partial charge on any atom is -0.324 e. The minimum atomic E-state index is -0.579. The third-order valence-electron chi connectivity index (χ3n) is 4.28. The van der Waals surface area contributed by atoms with Gasteiger partial charge in [0.15, 0.2) is 4.96 Å². The van der Waals surface area contributed by atoms with Crippen LogP contribution < -0.4 is 16.2 Å². The lowest BCUT2D eigenvalue weighted by Crippen LogP contribution is -2.33. The van der Waals surface area contributed by atoms with E-state index in [-0.39, 0.29) is 11.5 Å². The second-order valence-corrected chi connectivity index (χ2v) is 7.09. The summed E-state index contributed by atoms with van der Waals surface area (Å²) in [6.45, 7) is 0.297. The number of hydrogen-bond acceptors (Lipinski definition) is 5. The van der Waals surface area contributed by atoms with Crippen molar-refractivity contribution in [2.45, 2.75) is 12.6 Å². The van der Waals surface area contributed by atoms with E-state index in [0.29, 0.717) is 17.2 Å². The van der Waals surface area contributed by atoms with Gasteiger partial charge in [0.2, 0.25) is 5.91 Å². The van der Waals surface area contributed by atoms with Crippen LogP contribution in [0.3, 0.4) is 0 Å². The van der Waals surface area contributed by atoms with Gasteiger partial charge in [0, 0.05) is 29.9 Å². The number of nitrogens with zero attached hydrogens (tertiary/aromatic N) is 2. The largest absolute Gasteiger partial charge is 0.324 e.